The highest BCUT2D eigenvalue weighted by atomic mass is 32.2. The summed E-state index contributed by atoms with van der Waals surface area (Å²) in [4.78, 5) is 11.6. The molecule has 2 atom stereocenters. The van der Waals surface area contributed by atoms with E-state index in [1.165, 1.54) is 18.2 Å². The molecule has 1 aromatic carbocycles. The van der Waals surface area contributed by atoms with Crippen LogP contribution in [0.1, 0.15) is 13.8 Å². The van der Waals surface area contributed by atoms with Crippen LogP contribution in [0.5, 0.6) is 5.75 Å². The van der Waals surface area contributed by atoms with Gasteiger partial charge in [-0.1, -0.05) is 19.9 Å². The molecule has 9 heteroatoms. The standard InChI is InChI=1S/C12H17F2N3O3S/c1-7(2)10(15)11(18)17-21(16,19)9-5-3-4-8(6-9)20-12(13)14/h3-7,10,12H,15H2,1-2H3,(H2,16,17,18,19)/t10-,21?/m0/s1. The van der Waals surface area contributed by atoms with Crippen molar-refractivity contribution in [1.82, 2.24) is 0 Å². The summed E-state index contributed by atoms with van der Waals surface area (Å²) in [6, 6.07) is 3.98. The topological polar surface area (TPSA) is 108 Å². The molecule has 1 unspecified atom stereocenters. The molecular formula is C12H17F2N3O3S. The van der Waals surface area contributed by atoms with Crippen LogP contribution in [0.15, 0.2) is 33.5 Å². The van der Waals surface area contributed by atoms with Crippen LogP contribution in [0, 0.1) is 5.92 Å². The molecule has 1 amide bonds. The minimum atomic E-state index is -3.58. The van der Waals surface area contributed by atoms with Crippen LogP contribution in [0.2, 0.25) is 0 Å². The molecule has 0 heterocycles. The third kappa shape index (κ3) is 5.03. The Morgan fingerprint density at radius 2 is 2.00 bits per heavy atom. The minimum Gasteiger partial charge on any atom is -0.435 e. The lowest BCUT2D eigenvalue weighted by Crippen LogP contribution is -2.35. The van der Waals surface area contributed by atoms with Crippen molar-refractivity contribution >= 4 is 15.8 Å². The smallest absolute Gasteiger partial charge is 0.387 e. The average Bonchev–Trinajstić information content (AvgIpc) is 2.36. The van der Waals surface area contributed by atoms with E-state index in [9.17, 15) is 17.8 Å². The molecule has 0 fully saturated rings. The molecule has 0 saturated carbocycles. The van der Waals surface area contributed by atoms with Gasteiger partial charge in [-0.05, 0) is 24.1 Å². The number of amides is 1. The largest absolute Gasteiger partial charge is 0.435 e. The molecule has 0 aromatic heterocycles. The van der Waals surface area contributed by atoms with E-state index in [4.69, 9.17) is 10.9 Å². The van der Waals surface area contributed by atoms with Gasteiger partial charge in [0.25, 0.3) is 5.91 Å². The lowest BCUT2D eigenvalue weighted by molar-refractivity contribution is -0.119. The van der Waals surface area contributed by atoms with Gasteiger partial charge in [0.2, 0.25) is 0 Å². The van der Waals surface area contributed by atoms with E-state index in [2.05, 4.69) is 9.10 Å². The molecule has 0 bridgehead atoms. The second-order valence-corrected chi connectivity index (χ2v) is 6.41. The Morgan fingerprint density at radius 1 is 1.38 bits per heavy atom. The molecule has 118 valence electrons. The number of alkyl halides is 2. The van der Waals surface area contributed by atoms with Gasteiger partial charge in [-0.3, -0.25) is 4.79 Å². The van der Waals surface area contributed by atoms with E-state index in [0.717, 1.165) is 6.07 Å². The minimum absolute atomic E-state index is 0.0926. The van der Waals surface area contributed by atoms with Gasteiger partial charge in [-0.25, -0.2) is 9.35 Å². The maximum Gasteiger partial charge on any atom is 0.387 e. The van der Waals surface area contributed by atoms with Gasteiger partial charge >= 0.3 is 6.61 Å². The lowest BCUT2D eigenvalue weighted by atomic mass is 10.1. The average molecular weight is 321 g/mol. The summed E-state index contributed by atoms with van der Waals surface area (Å²) >= 11 is 0. The van der Waals surface area contributed by atoms with Gasteiger partial charge in [-0.2, -0.15) is 8.78 Å². The van der Waals surface area contributed by atoms with Gasteiger partial charge in [0.05, 0.1) is 10.9 Å². The van der Waals surface area contributed by atoms with Crippen LogP contribution in [0.3, 0.4) is 0 Å². The third-order valence-electron chi connectivity index (χ3n) is 2.60. The van der Waals surface area contributed by atoms with Crippen LogP contribution < -0.4 is 15.6 Å². The molecule has 1 aromatic rings. The molecule has 0 aliphatic carbocycles. The Labute approximate surface area is 121 Å². The highest BCUT2D eigenvalue weighted by Crippen LogP contribution is 2.19. The summed E-state index contributed by atoms with van der Waals surface area (Å²) in [5, 5.41) is 5.52. The third-order valence-corrected chi connectivity index (χ3v) is 3.98. The number of hydrogen-bond donors (Lipinski definition) is 2. The Kier molecular flexibility index (Phi) is 5.76. The fourth-order valence-corrected chi connectivity index (χ4v) is 2.42. The molecule has 0 aliphatic rings. The van der Waals surface area contributed by atoms with Crippen molar-refractivity contribution in [3.05, 3.63) is 24.3 Å². The van der Waals surface area contributed by atoms with Gasteiger partial charge in [0.1, 0.15) is 15.7 Å². The Morgan fingerprint density at radius 3 is 2.52 bits per heavy atom. The van der Waals surface area contributed by atoms with Crippen molar-refractivity contribution in [2.75, 3.05) is 0 Å². The monoisotopic (exact) mass is 321 g/mol. The van der Waals surface area contributed by atoms with Crippen LogP contribution in [0.4, 0.5) is 8.78 Å². The zero-order valence-corrected chi connectivity index (χ0v) is 12.3. The first-order chi connectivity index (χ1) is 9.63. The lowest BCUT2D eigenvalue weighted by Gasteiger charge is -2.12. The number of nitrogens with zero attached hydrogens (tertiary/aromatic N) is 1. The Bertz CT molecular complexity index is 628. The summed E-state index contributed by atoms with van der Waals surface area (Å²) in [5.41, 5.74) is 5.59. The van der Waals surface area contributed by atoms with E-state index < -0.39 is 28.5 Å². The van der Waals surface area contributed by atoms with Gasteiger partial charge in [0.15, 0.2) is 0 Å². The maximum atomic E-state index is 12.3. The Hall–Kier alpha value is -1.58. The summed E-state index contributed by atoms with van der Waals surface area (Å²) in [6.07, 6.45) is 0. The number of halogens is 2. The zero-order valence-electron chi connectivity index (χ0n) is 11.5. The quantitative estimate of drug-likeness (QED) is 0.856. The number of rotatable bonds is 5. The fraction of sp³-hybridized carbons (Fsp3) is 0.417. The second kappa shape index (κ2) is 6.92. The molecule has 21 heavy (non-hydrogen) atoms. The SMILES string of the molecule is CC(C)[C@H](N)C(=O)N=S(N)(=O)c1cccc(OC(F)F)c1. The van der Waals surface area contributed by atoms with Crippen LogP contribution in [-0.2, 0) is 14.7 Å². The number of nitrogens with two attached hydrogens (primary N) is 2. The highest BCUT2D eigenvalue weighted by molar-refractivity contribution is 7.91. The number of carbonyl (C=O) groups excluding carboxylic acids is 1. The van der Waals surface area contributed by atoms with E-state index >= 15 is 0 Å². The van der Waals surface area contributed by atoms with Crippen molar-refractivity contribution in [3.63, 3.8) is 0 Å². The number of benzene rings is 1. The summed E-state index contributed by atoms with van der Waals surface area (Å²) in [7, 11) is -3.58. The molecule has 4 N–H and O–H groups in total. The molecule has 0 radical (unpaired) electrons. The van der Waals surface area contributed by atoms with Crippen molar-refractivity contribution < 1.29 is 22.5 Å². The van der Waals surface area contributed by atoms with Crippen LogP contribution in [-0.4, -0.2) is 22.8 Å². The molecule has 6 nitrogen and oxygen atoms in total. The number of carbonyl (C=O) groups is 1. The maximum absolute atomic E-state index is 12.3. The van der Waals surface area contributed by atoms with Crippen molar-refractivity contribution in [2.24, 2.45) is 21.2 Å². The molecular weight excluding hydrogens is 304 g/mol. The van der Waals surface area contributed by atoms with Crippen LogP contribution in [0.25, 0.3) is 0 Å². The molecule has 0 aliphatic heterocycles. The van der Waals surface area contributed by atoms with Gasteiger partial charge in [-0.15, -0.1) is 4.36 Å². The summed E-state index contributed by atoms with van der Waals surface area (Å²) in [6.45, 7) is 0.378. The highest BCUT2D eigenvalue weighted by Gasteiger charge is 2.20. The first-order valence-electron chi connectivity index (χ1n) is 6.02. The molecule has 0 spiro atoms. The normalized spacial score (nSPS) is 15.6. The first-order valence-corrected chi connectivity index (χ1v) is 7.60. The molecule has 0 saturated heterocycles. The predicted octanol–water partition coefficient (Wildman–Crippen LogP) is 1.50. The van der Waals surface area contributed by atoms with E-state index in [0.29, 0.717) is 0 Å². The van der Waals surface area contributed by atoms with Crippen molar-refractivity contribution in [2.45, 2.75) is 31.4 Å². The second-order valence-electron chi connectivity index (χ2n) is 4.62. The summed E-state index contributed by atoms with van der Waals surface area (Å²) in [5.74, 6) is -1.24. The molecule has 1 rings (SSSR count). The van der Waals surface area contributed by atoms with Gasteiger partial charge < -0.3 is 10.5 Å². The zero-order chi connectivity index (χ0) is 16.2. The number of hydrogen-bond acceptors (Lipinski definition) is 4. The van der Waals surface area contributed by atoms with Crippen molar-refractivity contribution in [1.29, 1.82) is 0 Å². The Balaban J connectivity index is 3.13. The summed E-state index contributed by atoms with van der Waals surface area (Å²) < 4.78 is 44.1. The first kappa shape index (κ1) is 17.5. The fourth-order valence-electron chi connectivity index (χ4n) is 1.36. The number of ether oxygens (including phenoxy) is 1. The van der Waals surface area contributed by atoms with Crippen LogP contribution >= 0.6 is 0 Å². The predicted molar refractivity (Wildman–Crippen MR) is 73.9 cm³/mol. The van der Waals surface area contributed by atoms with E-state index in [1.54, 1.807) is 13.8 Å². The van der Waals surface area contributed by atoms with E-state index in [1.807, 2.05) is 0 Å². The van der Waals surface area contributed by atoms with Crippen molar-refractivity contribution in [3.8, 4) is 5.75 Å². The van der Waals surface area contributed by atoms with Gasteiger partial charge in [0, 0.05) is 0 Å². The van der Waals surface area contributed by atoms with E-state index in [-0.39, 0.29) is 16.6 Å².